The first-order chi connectivity index (χ1) is 6.47. The standard InChI is InChI=1S/C8H10FNO3S/c1-14(11,12)5-4-13-7-2-3-8(9)10-6-7/h2-3,6H,4-5H2,1H3. The van der Waals surface area contributed by atoms with E-state index in [1.54, 1.807) is 0 Å². The topological polar surface area (TPSA) is 56.3 Å². The third-order valence-corrected chi connectivity index (χ3v) is 2.33. The van der Waals surface area contributed by atoms with Crippen molar-refractivity contribution < 1.29 is 17.5 Å². The summed E-state index contributed by atoms with van der Waals surface area (Å²) in [6.07, 6.45) is 2.33. The summed E-state index contributed by atoms with van der Waals surface area (Å²) < 4.78 is 38.8. The number of aromatic nitrogens is 1. The summed E-state index contributed by atoms with van der Waals surface area (Å²) in [5.74, 6) is -0.305. The van der Waals surface area contributed by atoms with Crippen molar-refractivity contribution in [2.75, 3.05) is 18.6 Å². The molecule has 1 rings (SSSR count). The summed E-state index contributed by atoms with van der Waals surface area (Å²) in [7, 11) is -3.02. The smallest absolute Gasteiger partial charge is 0.213 e. The quantitative estimate of drug-likeness (QED) is 0.697. The lowest BCUT2D eigenvalue weighted by atomic mass is 10.4. The van der Waals surface area contributed by atoms with Gasteiger partial charge in [-0.3, -0.25) is 0 Å². The Bertz CT molecular complexity index is 388. The van der Waals surface area contributed by atoms with Gasteiger partial charge in [0, 0.05) is 6.26 Å². The lowest BCUT2D eigenvalue weighted by molar-refractivity contribution is 0.338. The number of hydrogen-bond acceptors (Lipinski definition) is 4. The average Bonchev–Trinajstić information content (AvgIpc) is 2.06. The molecule has 0 saturated heterocycles. The molecule has 0 N–H and O–H groups in total. The highest BCUT2D eigenvalue weighted by Crippen LogP contribution is 2.07. The van der Waals surface area contributed by atoms with Crippen LogP contribution >= 0.6 is 0 Å². The van der Waals surface area contributed by atoms with E-state index >= 15 is 0 Å². The molecule has 0 atom stereocenters. The van der Waals surface area contributed by atoms with Crippen LogP contribution in [0.5, 0.6) is 5.75 Å². The van der Waals surface area contributed by atoms with Crippen LogP contribution in [0.25, 0.3) is 0 Å². The van der Waals surface area contributed by atoms with E-state index in [0.717, 1.165) is 12.3 Å². The predicted octanol–water partition coefficient (Wildman–Crippen LogP) is 0.644. The van der Waals surface area contributed by atoms with Gasteiger partial charge in [0.25, 0.3) is 0 Å². The van der Waals surface area contributed by atoms with E-state index in [4.69, 9.17) is 4.74 Å². The largest absolute Gasteiger partial charge is 0.491 e. The van der Waals surface area contributed by atoms with E-state index in [0.29, 0.717) is 5.75 Å². The maximum atomic E-state index is 12.3. The van der Waals surface area contributed by atoms with E-state index in [-0.39, 0.29) is 12.4 Å². The van der Waals surface area contributed by atoms with Crippen LogP contribution < -0.4 is 4.74 Å². The number of rotatable bonds is 4. The Kier molecular flexibility index (Phi) is 3.40. The molecule has 0 aliphatic rings. The highest BCUT2D eigenvalue weighted by atomic mass is 32.2. The van der Waals surface area contributed by atoms with Crippen LogP contribution in [0, 0.1) is 5.95 Å². The van der Waals surface area contributed by atoms with Crippen LogP contribution in [0.2, 0.25) is 0 Å². The summed E-state index contributed by atoms with van der Waals surface area (Å²) in [6, 6.07) is 2.54. The molecule has 0 spiro atoms. The zero-order chi connectivity index (χ0) is 10.6. The number of pyridine rings is 1. The molecule has 0 aromatic carbocycles. The molecule has 0 fully saturated rings. The first-order valence-corrected chi connectivity index (χ1v) is 5.95. The molecule has 0 radical (unpaired) electrons. The zero-order valence-corrected chi connectivity index (χ0v) is 8.42. The maximum Gasteiger partial charge on any atom is 0.213 e. The predicted molar refractivity (Wildman–Crippen MR) is 49.4 cm³/mol. The van der Waals surface area contributed by atoms with Gasteiger partial charge in [-0.15, -0.1) is 0 Å². The Balaban J connectivity index is 2.43. The van der Waals surface area contributed by atoms with Crippen LogP contribution in [0.15, 0.2) is 18.3 Å². The third kappa shape index (κ3) is 4.18. The summed E-state index contributed by atoms with van der Waals surface area (Å²) >= 11 is 0. The second-order valence-electron chi connectivity index (χ2n) is 2.79. The molecule has 0 amide bonds. The Morgan fingerprint density at radius 2 is 2.21 bits per heavy atom. The molecule has 6 heteroatoms. The SMILES string of the molecule is CS(=O)(=O)CCOc1ccc(F)nc1. The van der Waals surface area contributed by atoms with Gasteiger partial charge in [-0.05, 0) is 12.1 Å². The highest BCUT2D eigenvalue weighted by Gasteiger charge is 2.02. The van der Waals surface area contributed by atoms with Crippen molar-refractivity contribution in [3.05, 3.63) is 24.3 Å². The van der Waals surface area contributed by atoms with E-state index in [2.05, 4.69) is 4.98 Å². The van der Waals surface area contributed by atoms with E-state index < -0.39 is 15.8 Å². The second-order valence-corrected chi connectivity index (χ2v) is 5.05. The minimum absolute atomic E-state index is 0.0478. The summed E-state index contributed by atoms with van der Waals surface area (Å²) in [4.78, 5) is 3.35. The monoisotopic (exact) mass is 219 g/mol. The lowest BCUT2D eigenvalue weighted by Crippen LogP contribution is -2.12. The van der Waals surface area contributed by atoms with Crippen LogP contribution in [0.3, 0.4) is 0 Å². The van der Waals surface area contributed by atoms with Crippen molar-refractivity contribution in [3.63, 3.8) is 0 Å². The molecule has 4 nitrogen and oxygen atoms in total. The van der Waals surface area contributed by atoms with Crippen molar-refractivity contribution in [3.8, 4) is 5.75 Å². The molecule has 0 bridgehead atoms. The van der Waals surface area contributed by atoms with E-state index in [1.807, 2.05) is 0 Å². The van der Waals surface area contributed by atoms with E-state index in [1.165, 1.54) is 12.3 Å². The number of sulfone groups is 1. The first kappa shape index (κ1) is 10.9. The van der Waals surface area contributed by atoms with Crippen molar-refractivity contribution in [2.24, 2.45) is 0 Å². The van der Waals surface area contributed by atoms with Gasteiger partial charge in [0.1, 0.15) is 12.4 Å². The van der Waals surface area contributed by atoms with Gasteiger partial charge < -0.3 is 4.74 Å². The lowest BCUT2D eigenvalue weighted by Gasteiger charge is -2.03. The Hall–Kier alpha value is -1.17. The molecule has 14 heavy (non-hydrogen) atoms. The molecule has 1 heterocycles. The molecule has 78 valence electrons. The normalized spacial score (nSPS) is 11.3. The van der Waals surface area contributed by atoms with Crippen molar-refractivity contribution in [2.45, 2.75) is 0 Å². The molecule has 1 aromatic heterocycles. The molecule has 0 aliphatic heterocycles. The minimum Gasteiger partial charge on any atom is -0.491 e. The fraction of sp³-hybridized carbons (Fsp3) is 0.375. The Morgan fingerprint density at radius 3 is 2.71 bits per heavy atom. The van der Waals surface area contributed by atoms with Gasteiger partial charge in [0.05, 0.1) is 11.9 Å². The zero-order valence-electron chi connectivity index (χ0n) is 7.60. The summed E-state index contributed by atoms with van der Waals surface area (Å²) in [6.45, 7) is 0.0478. The minimum atomic E-state index is -3.02. The molecular formula is C8H10FNO3S. The molecular weight excluding hydrogens is 209 g/mol. The van der Waals surface area contributed by atoms with Gasteiger partial charge in [-0.1, -0.05) is 0 Å². The van der Waals surface area contributed by atoms with Crippen LogP contribution in [-0.4, -0.2) is 32.0 Å². The van der Waals surface area contributed by atoms with Gasteiger partial charge >= 0.3 is 0 Å². The van der Waals surface area contributed by atoms with Gasteiger partial charge in [-0.2, -0.15) is 4.39 Å². The van der Waals surface area contributed by atoms with Gasteiger partial charge in [-0.25, -0.2) is 13.4 Å². The van der Waals surface area contributed by atoms with Gasteiger partial charge in [0.2, 0.25) is 5.95 Å². The number of nitrogens with zero attached hydrogens (tertiary/aromatic N) is 1. The van der Waals surface area contributed by atoms with E-state index in [9.17, 15) is 12.8 Å². The van der Waals surface area contributed by atoms with Crippen LogP contribution in [0.4, 0.5) is 4.39 Å². The number of hydrogen-bond donors (Lipinski definition) is 0. The second kappa shape index (κ2) is 4.36. The third-order valence-electron chi connectivity index (χ3n) is 1.42. The number of ether oxygens (including phenoxy) is 1. The summed E-state index contributed by atoms with van der Waals surface area (Å²) in [5.41, 5.74) is 0. The summed E-state index contributed by atoms with van der Waals surface area (Å²) in [5, 5.41) is 0. The Labute approximate surface area is 81.7 Å². The molecule has 0 saturated carbocycles. The highest BCUT2D eigenvalue weighted by molar-refractivity contribution is 7.90. The van der Waals surface area contributed by atoms with Gasteiger partial charge in [0.15, 0.2) is 9.84 Å². The number of halogens is 1. The van der Waals surface area contributed by atoms with Crippen LogP contribution in [-0.2, 0) is 9.84 Å². The first-order valence-electron chi connectivity index (χ1n) is 3.89. The van der Waals surface area contributed by atoms with Crippen LogP contribution in [0.1, 0.15) is 0 Å². The molecule has 0 unspecified atom stereocenters. The molecule has 0 aliphatic carbocycles. The maximum absolute atomic E-state index is 12.3. The Morgan fingerprint density at radius 1 is 1.50 bits per heavy atom. The van der Waals surface area contributed by atoms with Crippen molar-refractivity contribution in [1.29, 1.82) is 0 Å². The fourth-order valence-electron chi connectivity index (χ4n) is 0.759. The van der Waals surface area contributed by atoms with Crippen molar-refractivity contribution >= 4 is 9.84 Å². The fourth-order valence-corrected chi connectivity index (χ4v) is 1.14. The average molecular weight is 219 g/mol. The molecule has 1 aromatic rings. The van der Waals surface area contributed by atoms with Crippen molar-refractivity contribution in [1.82, 2.24) is 4.98 Å².